The van der Waals surface area contributed by atoms with Gasteiger partial charge in [0, 0.05) is 18.6 Å². The Morgan fingerprint density at radius 3 is 2.76 bits per heavy atom. The molecule has 0 spiro atoms. The molecular formula is C16H25N3OS. The van der Waals surface area contributed by atoms with Crippen LogP contribution in [-0.4, -0.2) is 52.4 Å². The first kappa shape index (κ1) is 15.0. The normalized spacial score (nSPS) is 26.7. The fraction of sp³-hybridized carbons (Fsp3) is 0.750. The Labute approximate surface area is 131 Å². The van der Waals surface area contributed by atoms with Gasteiger partial charge in [-0.15, -0.1) is 11.3 Å². The van der Waals surface area contributed by atoms with Crippen molar-refractivity contribution in [3.8, 4) is 0 Å². The number of amides is 1. The van der Waals surface area contributed by atoms with Gasteiger partial charge in [-0.1, -0.05) is 13.8 Å². The van der Waals surface area contributed by atoms with Crippen LogP contribution >= 0.6 is 11.3 Å². The lowest BCUT2D eigenvalue weighted by Gasteiger charge is -2.34. The van der Waals surface area contributed by atoms with Crippen molar-refractivity contribution in [3.05, 3.63) is 16.1 Å². The van der Waals surface area contributed by atoms with Crippen LogP contribution in [0.2, 0.25) is 0 Å². The Kier molecular flexibility index (Phi) is 4.60. The maximum absolute atomic E-state index is 12.8. The van der Waals surface area contributed by atoms with Crippen LogP contribution in [0.1, 0.15) is 54.2 Å². The van der Waals surface area contributed by atoms with Gasteiger partial charge in [0.25, 0.3) is 5.91 Å². The first-order valence-electron chi connectivity index (χ1n) is 8.24. The third-order valence-corrected chi connectivity index (χ3v) is 6.02. The van der Waals surface area contributed by atoms with Crippen LogP contribution in [0.4, 0.5) is 0 Å². The van der Waals surface area contributed by atoms with Crippen molar-refractivity contribution in [1.29, 1.82) is 0 Å². The highest BCUT2D eigenvalue weighted by Gasteiger charge is 2.39. The molecule has 1 amide bonds. The lowest BCUT2D eigenvalue weighted by molar-refractivity contribution is 0.0654. The molecule has 0 saturated carbocycles. The number of likely N-dealkylation sites (N-methyl/N-ethyl adjacent to an activating group) is 1. The maximum Gasteiger partial charge on any atom is 0.265 e. The zero-order valence-electron chi connectivity index (χ0n) is 13.0. The summed E-state index contributed by atoms with van der Waals surface area (Å²) in [5.74, 6) is 0.206. The number of aromatic nitrogens is 1. The Balaban J connectivity index is 1.75. The summed E-state index contributed by atoms with van der Waals surface area (Å²) < 4.78 is 0. The number of carbonyl (C=O) groups excluding carboxylic acids is 1. The van der Waals surface area contributed by atoms with E-state index in [1.54, 1.807) is 17.5 Å². The Bertz CT molecular complexity index is 501. The van der Waals surface area contributed by atoms with Crippen LogP contribution in [0, 0.1) is 0 Å². The van der Waals surface area contributed by atoms with Crippen molar-refractivity contribution in [2.24, 2.45) is 0 Å². The molecule has 2 aliphatic rings. The van der Waals surface area contributed by atoms with E-state index in [4.69, 9.17) is 0 Å². The molecule has 5 heteroatoms. The monoisotopic (exact) mass is 307 g/mol. The Hall–Kier alpha value is -0.940. The molecule has 0 aliphatic carbocycles. The van der Waals surface area contributed by atoms with Crippen LogP contribution < -0.4 is 0 Å². The van der Waals surface area contributed by atoms with E-state index < -0.39 is 0 Å². The average molecular weight is 307 g/mol. The van der Waals surface area contributed by atoms with Crippen molar-refractivity contribution in [1.82, 2.24) is 14.8 Å². The third kappa shape index (κ3) is 2.86. The molecule has 21 heavy (non-hydrogen) atoms. The second-order valence-electron chi connectivity index (χ2n) is 6.02. The van der Waals surface area contributed by atoms with Gasteiger partial charge >= 0.3 is 0 Å². The van der Waals surface area contributed by atoms with E-state index in [2.05, 4.69) is 28.6 Å². The molecule has 1 aromatic heterocycles. The van der Waals surface area contributed by atoms with E-state index in [1.807, 2.05) is 0 Å². The molecule has 2 aliphatic heterocycles. The van der Waals surface area contributed by atoms with Crippen molar-refractivity contribution >= 4 is 17.2 Å². The molecule has 1 aromatic rings. The Morgan fingerprint density at radius 2 is 2.05 bits per heavy atom. The van der Waals surface area contributed by atoms with Crippen LogP contribution in [0.3, 0.4) is 0 Å². The van der Waals surface area contributed by atoms with Crippen molar-refractivity contribution in [2.45, 2.75) is 58.0 Å². The number of rotatable bonds is 4. The smallest absolute Gasteiger partial charge is 0.265 e. The van der Waals surface area contributed by atoms with E-state index in [0.717, 1.165) is 42.2 Å². The minimum atomic E-state index is 0.206. The number of likely N-dealkylation sites (tertiary alicyclic amines) is 2. The lowest BCUT2D eigenvalue weighted by Crippen LogP contribution is -2.48. The van der Waals surface area contributed by atoms with Crippen molar-refractivity contribution < 1.29 is 4.79 Å². The fourth-order valence-electron chi connectivity index (χ4n) is 3.84. The molecule has 116 valence electrons. The standard InChI is InChI=1S/C16H25N3OS/c1-3-15-17-11-14(21-15)16(20)19-10-6-8-13(19)12-7-5-9-18(12)4-2/h11-13H,3-10H2,1-2H3/t12-,13-/m0/s1. The zero-order valence-corrected chi connectivity index (χ0v) is 13.9. The molecule has 0 bridgehead atoms. The van der Waals surface area contributed by atoms with Gasteiger partial charge in [-0.05, 0) is 45.2 Å². The van der Waals surface area contributed by atoms with E-state index in [9.17, 15) is 4.79 Å². The first-order chi connectivity index (χ1) is 10.2. The van der Waals surface area contributed by atoms with Crippen molar-refractivity contribution in [3.63, 3.8) is 0 Å². The molecule has 0 aromatic carbocycles. The molecule has 3 rings (SSSR count). The SMILES string of the molecule is CCc1ncc(C(=O)N2CCC[C@H]2[C@@H]2CCCN2CC)s1. The maximum atomic E-state index is 12.8. The molecule has 2 atom stereocenters. The number of aryl methyl sites for hydroxylation is 1. The largest absolute Gasteiger partial charge is 0.333 e. The number of carbonyl (C=O) groups is 1. The van der Waals surface area contributed by atoms with E-state index in [0.29, 0.717) is 12.1 Å². The number of thiazole rings is 1. The van der Waals surface area contributed by atoms with E-state index >= 15 is 0 Å². The van der Waals surface area contributed by atoms with Crippen LogP contribution in [0.25, 0.3) is 0 Å². The summed E-state index contributed by atoms with van der Waals surface area (Å²) in [5.41, 5.74) is 0. The number of nitrogens with zero attached hydrogens (tertiary/aromatic N) is 3. The van der Waals surface area contributed by atoms with Gasteiger partial charge in [0.2, 0.25) is 0 Å². The minimum Gasteiger partial charge on any atom is -0.333 e. The molecule has 0 N–H and O–H groups in total. The summed E-state index contributed by atoms with van der Waals surface area (Å²) in [5, 5.41) is 1.06. The molecule has 2 saturated heterocycles. The minimum absolute atomic E-state index is 0.206. The van der Waals surface area contributed by atoms with Gasteiger partial charge in [-0.2, -0.15) is 0 Å². The van der Waals surface area contributed by atoms with Gasteiger partial charge in [0.1, 0.15) is 4.88 Å². The number of hydrogen-bond donors (Lipinski definition) is 0. The highest BCUT2D eigenvalue weighted by molar-refractivity contribution is 7.13. The van der Waals surface area contributed by atoms with Gasteiger partial charge in [-0.25, -0.2) is 4.98 Å². The second-order valence-corrected chi connectivity index (χ2v) is 7.13. The van der Waals surface area contributed by atoms with E-state index in [1.165, 1.54) is 19.4 Å². The zero-order chi connectivity index (χ0) is 14.8. The highest BCUT2D eigenvalue weighted by Crippen LogP contribution is 2.31. The molecule has 2 fully saturated rings. The van der Waals surface area contributed by atoms with Crippen LogP contribution in [0.5, 0.6) is 0 Å². The summed E-state index contributed by atoms with van der Waals surface area (Å²) in [4.78, 5) is 22.7. The van der Waals surface area contributed by atoms with Gasteiger partial charge < -0.3 is 4.90 Å². The second kappa shape index (κ2) is 6.44. The van der Waals surface area contributed by atoms with Crippen LogP contribution in [0.15, 0.2) is 6.20 Å². The Morgan fingerprint density at radius 1 is 1.29 bits per heavy atom. The first-order valence-corrected chi connectivity index (χ1v) is 9.06. The molecule has 0 unspecified atom stereocenters. The van der Waals surface area contributed by atoms with Gasteiger partial charge in [-0.3, -0.25) is 9.69 Å². The van der Waals surface area contributed by atoms with Gasteiger partial charge in [0.05, 0.1) is 11.2 Å². The predicted octanol–water partition coefficient (Wildman–Crippen LogP) is 2.79. The topological polar surface area (TPSA) is 36.4 Å². The third-order valence-electron chi connectivity index (χ3n) is 4.89. The van der Waals surface area contributed by atoms with Crippen LogP contribution in [-0.2, 0) is 6.42 Å². The number of hydrogen-bond acceptors (Lipinski definition) is 4. The van der Waals surface area contributed by atoms with E-state index in [-0.39, 0.29) is 5.91 Å². The molecule has 0 radical (unpaired) electrons. The quantitative estimate of drug-likeness (QED) is 0.858. The summed E-state index contributed by atoms with van der Waals surface area (Å²) in [6.07, 6.45) is 7.50. The molecular weight excluding hydrogens is 282 g/mol. The summed E-state index contributed by atoms with van der Waals surface area (Å²) in [6.45, 7) is 7.53. The fourth-order valence-corrected chi connectivity index (χ4v) is 4.65. The molecule has 3 heterocycles. The molecule has 4 nitrogen and oxygen atoms in total. The van der Waals surface area contributed by atoms with Gasteiger partial charge in [0.15, 0.2) is 0 Å². The summed E-state index contributed by atoms with van der Waals surface area (Å²) in [7, 11) is 0. The average Bonchev–Trinajstić information content (AvgIpc) is 3.23. The van der Waals surface area contributed by atoms with Crippen molar-refractivity contribution in [2.75, 3.05) is 19.6 Å². The lowest BCUT2D eigenvalue weighted by atomic mass is 10.0. The summed E-state index contributed by atoms with van der Waals surface area (Å²) >= 11 is 1.56. The summed E-state index contributed by atoms with van der Waals surface area (Å²) in [6, 6.07) is 0.979. The highest BCUT2D eigenvalue weighted by atomic mass is 32.1. The predicted molar refractivity (Wildman–Crippen MR) is 85.8 cm³/mol.